The van der Waals surface area contributed by atoms with Gasteiger partial charge in [-0.15, -0.1) is 0 Å². The van der Waals surface area contributed by atoms with E-state index in [1.807, 2.05) is 0 Å². The molecule has 1 aliphatic rings. The molecule has 1 aromatic carbocycles. The van der Waals surface area contributed by atoms with Gasteiger partial charge in [-0.3, -0.25) is 0 Å². The summed E-state index contributed by atoms with van der Waals surface area (Å²) in [6, 6.07) is 2.33. The minimum absolute atomic E-state index is 0.0630. The first-order valence-corrected chi connectivity index (χ1v) is 6.48. The molecule has 1 aromatic rings. The van der Waals surface area contributed by atoms with Crippen LogP contribution in [0, 0.1) is 17.6 Å². The zero-order chi connectivity index (χ0) is 13.1. The number of rotatable bonds is 3. The van der Waals surface area contributed by atoms with E-state index in [2.05, 4.69) is 0 Å². The fraction of sp³-hybridized carbons (Fsp3) is 0.571. The summed E-state index contributed by atoms with van der Waals surface area (Å²) in [5.41, 5.74) is 5.95. The number of benzene rings is 1. The maximum Gasteiger partial charge on any atom is 0.128 e. The monoisotopic (exact) mass is 255 g/mol. The van der Waals surface area contributed by atoms with Gasteiger partial charge in [0.25, 0.3) is 0 Å². The van der Waals surface area contributed by atoms with Crippen LogP contribution in [0.5, 0.6) is 0 Å². The Morgan fingerprint density at radius 3 is 2.50 bits per heavy atom. The molecule has 1 fully saturated rings. The second-order valence-electron chi connectivity index (χ2n) is 5.08. The molecule has 1 saturated carbocycles. The molecule has 0 aromatic heterocycles. The van der Waals surface area contributed by atoms with Crippen molar-refractivity contribution >= 4 is 0 Å². The number of aliphatic hydroxyl groups is 1. The van der Waals surface area contributed by atoms with Gasteiger partial charge in [-0.1, -0.05) is 19.3 Å². The standard InChI is InChI=1S/C14H19F2NO/c15-10-6-7-12(16)11(8-10)13(17)14(18)9-4-2-1-3-5-9/h6-9,13-14,18H,1-5,17H2/t13-,14+/m0/s1. The third-order valence-corrected chi connectivity index (χ3v) is 3.82. The van der Waals surface area contributed by atoms with Crippen LogP contribution >= 0.6 is 0 Å². The van der Waals surface area contributed by atoms with Crippen LogP contribution in [-0.2, 0) is 0 Å². The zero-order valence-electron chi connectivity index (χ0n) is 10.3. The van der Waals surface area contributed by atoms with Gasteiger partial charge in [0.1, 0.15) is 11.6 Å². The van der Waals surface area contributed by atoms with E-state index in [9.17, 15) is 13.9 Å². The summed E-state index contributed by atoms with van der Waals surface area (Å²) in [5.74, 6) is -0.993. The second kappa shape index (κ2) is 5.76. The first-order valence-electron chi connectivity index (χ1n) is 6.48. The largest absolute Gasteiger partial charge is 0.391 e. The molecule has 2 rings (SSSR count). The Hall–Kier alpha value is -1.00. The van der Waals surface area contributed by atoms with Gasteiger partial charge < -0.3 is 10.8 Å². The van der Waals surface area contributed by atoms with Gasteiger partial charge in [-0.25, -0.2) is 8.78 Å². The Labute approximate surface area is 106 Å². The highest BCUT2D eigenvalue weighted by Gasteiger charge is 2.29. The molecule has 0 saturated heterocycles. The van der Waals surface area contributed by atoms with Crippen LogP contribution < -0.4 is 5.73 Å². The Balaban J connectivity index is 2.13. The average Bonchev–Trinajstić information content (AvgIpc) is 2.41. The van der Waals surface area contributed by atoms with Gasteiger partial charge in [0, 0.05) is 5.56 Å². The van der Waals surface area contributed by atoms with Crippen molar-refractivity contribution in [3.8, 4) is 0 Å². The van der Waals surface area contributed by atoms with Crippen molar-refractivity contribution in [2.45, 2.75) is 44.2 Å². The van der Waals surface area contributed by atoms with E-state index in [0.717, 1.165) is 43.9 Å². The third-order valence-electron chi connectivity index (χ3n) is 3.82. The lowest BCUT2D eigenvalue weighted by atomic mass is 9.81. The lowest BCUT2D eigenvalue weighted by Crippen LogP contribution is -2.34. The van der Waals surface area contributed by atoms with E-state index in [-0.39, 0.29) is 11.5 Å². The predicted molar refractivity (Wildman–Crippen MR) is 65.9 cm³/mol. The molecule has 100 valence electrons. The molecule has 3 N–H and O–H groups in total. The SMILES string of the molecule is N[C@@H](c1cc(F)ccc1F)[C@H](O)C1CCCCC1. The van der Waals surface area contributed by atoms with Crippen molar-refractivity contribution in [1.29, 1.82) is 0 Å². The van der Waals surface area contributed by atoms with E-state index in [0.29, 0.717) is 0 Å². The fourth-order valence-corrected chi connectivity index (χ4v) is 2.72. The molecule has 0 amide bonds. The molecular formula is C14H19F2NO. The lowest BCUT2D eigenvalue weighted by molar-refractivity contribution is 0.0607. The zero-order valence-corrected chi connectivity index (χ0v) is 10.3. The van der Waals surface area contributed by atoms with Crippen LogP contribution in [0.1, 0.15) is 43.7 Å². The lowest BCUT2D eigenvalue weighted by Gasteiger charge is -2.30. The van der Waals surface area contributed by atoms with E-state index < -0.39 is 23.8 Å². The highest BCUT2D eigenvalue weighted by Crippen LogP contribution is 2.32. The second-order valence-corrected chi connectivity index (χ2v) is 5.08. The summed E-state index contributed by atoms with van der Waals surface area (Å²) < 4.78 is 26.7. The minimum atomic E-state index is -0.858. The van der Waals surface area contributed by atoms with Crippen molar-refractivity contribution in [2.24, 2.45) is 11.7 Å². The summed E-state index contributed by atoms with van der Waals surface area (Å²) in [5, 5.41) is 10.2. The number of nitrogens with two attached hydrogens (primary N) is 1. The van der Waals surface area contributed by atoms with E-state index in [4.69, 9.17) is 5.73 Å². The summed E-state index contributed by atoms with van der Waals surface area (Å²) in [7, 11) is 0. The van der Waals surface area contributed by atoms with Crippen LogP contribution in [0.4, 0.5) is 8.78 Å². The van der Waals surface area contributed by atoms with Crippen molar-refractivity contribution in [3.63, 3.8) is 0 Å². The summed E-state index contributed by atoms with van der Waals surface area (Å²) in [6.45, 7) is 0. The predicted octanol–water partition coefficient (Wildman–Crippen LogP) is 2.91. The average molecular weight is 255 g/mol. The van der Waals surface area contributed by atoms with Crippen molar-refractivity contribution in [3.05, 3.63) is 35.4 Å². The van der Waals surface area contributed by atoms with Crippen LogP contribution in [0.15, 0.2) is 18.2 Å². The topological polar surface area (TPSA) is 46.2 Å². The molecule has 4 heteroatoms. The van der Waals surface area contributed by atoms with E-state index in [1.165, 1.54) is 6.42 Å². The molecule has 2 atom stereocenters. The molecule has 0 radical (unpaired) electrons. The molecule has 0 unspecified atom stereocenters. The third kappa shape index (κ3) is 2.87. The molecule has 18 heavy (non-hydrogen) atoms. The summed E-state index contributed by atoms with van der Waals surface area (Å²) >= 11 is 0. The van der Waals surface area contributed by atoms with Gasteiger partial charge in [-0.2, -0.15) is 0 Å². The summed E-state index contributed by atoms with van der Waals surface area (Å²) in [4.78, 5) is 0. The number of hydrogen-bond donors (Lipinski definition) is 2. The van der Waals surface area contributed by atoms with Crippen molar-refractivity contribution in [1.82, 2.24) is 0 Å². The van der Waals surface area contributed by atoms with Crippen LogP contribution in [0.3, 0.4) is 0 Å². The Bertz CT molecular complexity index is 405. The Kier molecular flexibility index (Phi) is 4.30. The van der Waals surface area contributed by atoms with Gasteiger partial charge in [-0.05, 0) is 37.0 Å². The highest BCUT2D eigenvalue weighted by molar-refractivity contribution is 5.23. The minimum Gasteiger partial charge on any atom is -0.391 e. The normalized spacial score (nSPS) is 20.7. The number of hydrogen-bond acceptors (Lipinski definition) is 2. The molecule has 0 bridgehead atoms. The fourth-order valence-electron chi connectivity index (χ4n) is 2.72. The van der Waals surface area contributed by atoms with E-state index in [1.54, 1.807) is 0 Å². The maximum atomic E-state index is 13.6. The van der Waals surface area contributed by atoms with Gasteiger partial charge in [0.05, 0.1) is 12.1 Å². The molecule has 0 aliphatic heterocycles. The van der Waals surface area contributed by atoms with Gasteiger partial charge in [0.2, 0.25) is 0 Å². The molecule has 0 heterocycles. The Morgan fingerprint density at radius 2 is 1.83 bits per heavy atom. The summed E-state index contributed by atoms with van der Waals surface area (Å²) in [6.07, 6.45) is 4.33. The van der Waals surface area contributed by atoms with Crippen LogP contribution in [-0.4, -0.2) is 11.2 Å². The molecular weight excluding hydrogens is 236 g/mol. The first-order chi connectivity index (χ1) is 8.59. The van der Waals surface area contributed by atoms with Gasteiger partial charge in [0.15, 0.2) is 0 Å². The molecule has 1 aliphatic carbocycles. The molecule has 2 nitrogen and oxygen atoms in total. The maximum absolute atomic E-state index is 13.6. The highest BCUT2D eigenvalue weighted by atomic mass is 19.1. The Morgan fingerprint density at radius 1 is 1.17 bits per heavy atom. The molecule has 0 spiro atoms. The van der Waals surface area contributed by atoms with Crippen molar-refractivity contribution in [2.75, 3.05) is 0 Å². The van der Waals surface area contributed by atoms with Crippen LogP contribution in [0.2, 0.25) is 0 Å². The first kappa shape index (κ1) is 13.4. The van der Waals surface area contributed by atoms with Gasteiger partial charge >= 0.3 is 0 Å². The quantitative estimate of drug-likeness (QED) is 0.872. The number of aliphatic hydroxyl groups excluding tert-OH is 1. The van der Waals surface area contributed by atoms with E-state index >= 15 is 0 Å². The number of halogens is 2. The smallest absolute Gasteiger partial charge is 0.128 e. The van der Waals surface area contributed by atoms with Crippen molar-refractivity contribution < 1.29 is 13.9 Å². The van der Waals surface area contributed by atoms with Crippen LogP contribution in [0.25, 0.3) is 0 Å².